The maximum atomic E-state index is 11.4. The fourth-order valence-electron chi connectivity index (χ4n) is 1.34. The summed E-state index contributed by atoms with van der Waals surface area (Å²) in [6.07, 6.45) is 1.73. The molecule has 0 aliphatic heterocycles. The van der Waals surface area contributed by atoms with Crippen molar-refractivity contribution in [1.29, 1.82) is 0 Å². The number of nitrogens with one attached hydrogen (secondary N) is 2. The molecule has 0 aromatic carbocycles. The number of rotatable bonds is 7. The van der Waals surface area contributed by atoms with Gasteiger partial charge in [-0.2, -0.15) is 0 Å². The summed E-state index contributed by atoms with van der Waals surface area (Å²) >= 11 is 0. The molecule has 100 valence electrons. The summed E-state index contributed by atoms with van der Waals surface area (Å²) in [6.45, 7) is 5.78. The normalized spacial score (nSPS) is 10.4. The van der Waals surface area contributed by atoms with Crippen LogP contribution in [0.1, 0.15) is 19.4 Å². The Balaban J connectivity index is 2.22. The Kier molecular flexibility index (Phi) is 6.14. The predicted octanol–water partition coefficient (Wildman–Crippen LogP) is 0.952. The van der Waals surface area contributed by atoms with Gasteiger partial charge in [0.2, 0.25) is 11.8 Å². The number of pyridine rings is 1. The molecule has 0 atom stereocenters. The van der Waals surface area contributed by atoms with Crippen LogP contribution in [0, 0.1) is 5.92 Å². The van der Waals surface area contributed by atoms with E-state index in [2.05, 4.69) is 29.5 Å². The summed E-state index contributed by atoms with van der Waals surface area (Å²) in [5, 5.41) is 5.92. The van der Waals surface area contributed by atoms with Gasteiger partial charge in [0.15, 0.2) is 0 Å². The second-order valence-electron chi connectivity index (χ2n) is 4.51. The second-order valence-corrected chi connectivity index (χ2v) is 4.51. The highest BCUT2D eigenvalue weighted by atomic mass is 16.5. The Morgan fingerprint density at radius 1 is 1.44 bits per heavy atom. The Bertz CT molecular complexity index is 363. The summed E-state index contributed by atoms with van der Waals surface area (Å²) in [4.78, 5) is 15.5. The van der Waals surface area contributed by atoms with Crippen LogP contribution in [0.5, 0.6) is 5.88 Å². The van der Waals surface area contributed by atoms with Crippen LogP contribution in [0.25, 0.3) is 0 Å². The summed E-state index contributed by atoms with van der Waals surface area (Å²) < 4.78 is 4.97. The van der Waals surface area contributed by atoms with E-state index in [0.717, 1.165) is 5.56 Å². The topological polar surface area (TPSA) is 63.2 Å². The van der Waals surface area contributed by atoms with Gasteiger partial charge in [-0.3, -0.25) is 4.79 Å². The molecule has 0 saturated carbocycles. The highest BCUT2D eigenvalue weighted by Crippen LogP contribution is 2.05. The Labute approximate surface area is 108 Å². The predicted molar refractivity (Wildman–Crippen MR) is 70.3 cm³/mol. The maximum absolute atomic E-state index is 11.4. The van der Waals surface area contributed by atoms with Crippen molar-refractivity contribution in [3.05, 3.63) is 23.9 Å². The van der Waals surface area contributed by atoms with Gasteiger partial charge in [0.25, 0.3) is 0 Å². The standard InChI is InChI=1S/C13H21N3O2/c1-10(2)6-15-12(17)9-14-7-11-4-5-13(18-3)16-8-11/h4-5,8,10,14H,6-7,9H2,1-3H3,(H,15,17). The van der Waals surface area contributed by atoms with Crippen LogP contribution in [0.3, 0.4) is 0 Å². The molecule has 2 N–H and O–H groups in total. The molecule has 1 aromatic rings. The van der Waals surface area contributed by atoms with Gasteiger partial charge in [-0.15, -0.1) is 0 Å². The van der Waals surface area contributed by atoms with Crippen LogP contribution >= 0.6 is 0 Å². The molecule has 0 bridgehead atoms. The van der Waals surface area contributed by atoms with E-state index in [-0.39, 0.29) is 5.91 Å². The lowest BCUT2D eigenvalue weighted by Crippen LogP contribution is -2.35. The molecular formula is C13H21N3O2. The minimum Gasteiger partial charge on any atom is -0.481 e. The molecule has 1 rings (SSSR count). The highest BCUT2D eigenvalue weighted by Gasteiger charge is 2.02. The molecule has 0 aliphatic rings. The number of methoxy groups -OCH3 is 1. The number of aromatic nitrogens is 1. The molecule has 0 aliphatic carbocycles. The quantitative estimate of drug-likeness (QED) is 0.757. The third kappa shape index (κ3) is 5.63. The Morgan fingerprint density at radius 3 is 2.78 bits per heavy atom. The number of ether oxygens (including phenoxy) is 1. The summed E-state index contributed by atoms with van der Waals surface area (Å²) in [6, 6.07) is 3.72. The number of hydrogen-bond acceptors (Lipinski definition) is 4. The SMILES string of the molecule is COc1ccc(CNCC(=O)NCC(C)C)cn1. The van der Waals surface area contributed by atoms with Crippen LogP contribution in [-0.4, -0.2) is 31.1 Å². The molecule has 0 unspecified atom stereocenters. The first-order valence-corrected chi connectivity index (χ1v) is 6.08. The molecule has 0 spiro atoms. The van der Waals surface area contributed by atoms with Crippen molar-refractivity contribution in [2.24, 2.45) is 5.92 Å². The fraction of sp³-hybridized carbons (Fsp3) is 0.538. The van der Waals surface area contributed by atoms with E-state index in [0.29, 0.717) is 31.4 Å². The molecule has 1 heterocycles. The maximum Gasteiger partial charge on any atom is 0.233 e. The molecule has 18 heavy (non-hydrogen) atoms. The van der Waals surface area contributed by atoms with Crippen molar-refractivity contribution in [3.63, 3.8) is 0 Å². The summed E-state index contributed by atoms with van der Waals surface area (Å²) in [5.74, 6) is 1.08. The van der Waals surface area contributed by atoms with E-state index in [4.69, 9.17) is 4.74 Å². The van der Waals surface area contributed by atoms with Crippen molar-refractivity contribution >= 4 is 5.91 Å². The van der Waals surface area contributed by atoms with Gasteiger partial charge in [0.1, 0.15) is 0 Å². The van der Waals surface area contributed by atoms with Crippen LogP contribution in [0.4, 0.5) is 0 Å². The van der Waals surface area contributed by atoms with E-state index in [9.17, 15) is 4.79 Å². The van der Waals surface area contributed by atoms with Gasteiger partial charge in [0, 0.05) is 25.4 Å². The van der Waals surface area contributed by atoms with Crippen LogP contribution in [0.15, 0.2) is 18.3 Å². The van der Waals surface area contributed by atoms with Gasteiger partial charge in [-0.1, -0.05) is 19.9 Å². The number of nitrogens with zero attached hydrogens (tertiary/aromatic N) is 1. The lowest BCUT2D eigenvalue weighted by atomic mass is 10.2. The zero-order valence-corrected chi connectivity index (χ0v) is 11.2. The smallest absolute Gasteiger partial charge is 0.233 e. The molecule has 1 aromatic heterocycles. The van der Waals surface area contributed by atoms with Crippen molar-refractivity contribution in [3.8, 4) is 5.88 Å². The minimum atomic E-state index is 0.0187. The number of carbonyl (C=O) groups is 1. The van der Waals surface area contributed by atoms with Crippen molar-refractivity contribution in [1.82, 2.24) is 15.6 Å². The second kappa shape index (κ2) is 7.66. The van der Waals surface area contributed by atoms with Crippen molar-refractivity contribution in [2.75, 3.05) is 20.2 Å². The van der Waals surface area contributed by atoms with Crippen molar-refractivity contribution in [2.45, 2.75) is 20.4 Å². The fourth-order valence-corrected chi connectivity index (χ4v) is 1.34. The van der Waals surface area contributed by atoms with Gasteiger partial charge >= 0.3 is 0 Å². The first-order valence-electron chi connectivity index (χ1n) is 6.08. The van der Waals surface area contributed by atoms with Gasteiger partial charge in [0.05, 0.1) is 13.7 Å². The van der Waals surface area contributed by atoms with Crippen molar-refractivity contribution < 1.29 is 9.53 Å². The van der Waals surface area contributed by atoms with Gasteiger partial charge in [-0.25, -0.2) is 4.98 Å². The minimum absolute atomic E-state index is 0.0187. The largest absolute Gasteiger partial charge is 0.481 e. The monoisotopic (exact) mass is 251 g/mol. The molecule has 1 amide bonds. The molecular weight excluding hydrogens is 230 g/mol. The van der Waals surface area contributed by atoms with E-state index >= 15 is 0 Å². The zero-order chi connectivity index (χ0) is 13.4. The zero-order valence-electron chi connectivity index (χ0n) is 11.2. The summed E-state index contributed by atoms with van der Waals surface area (Å²) in [7, 11) is 1.58. The highest BCUT2D eigenvalue weighted by molar-refractivity contribution is 5.77. The average molecular weight is 251 g/mol. The lowest BCUT2D eigenvalue weighted by molar-refractivity contribution is -0.120. The van der Waals surface area contributed by atoms with E-state index < -0.39 is 0 Å². The summed E-state index contributed by atoms with van der Waals surface area (Å²) in [5.41, 5.74) is 1.02. The third-order valence-electron chi connectivity index (χ3n) is 2.33. The number of hydrogen-bond donors (Lipinski definition) is 2. The molecule has 0 saturated heterocycles. The first-order chi connectivity index (χ1) is 8.61. The molecule has 0 radical (unpaired) electrons. The van der Waals surface area contributed by atoms with Crippen LogP contribution in [-0.2, 0) is 11.3 Å². The Hall–Kier alpha value is -1.62. The Morgan fingerprint density at radius 2 is 2.22 bits per heavy atom. The lowest BCUT2D eigenvalue weighted by Gasteiger charge is -2.08. The average Bonchev–Trinajstić information content (AvgIpc) is 2.37. The van der Waals surface area contributed by atoms with Gasteiger partial charge in [-0.05, 0) is 11.5 Å². The van der Waals surface area contributed by atoms with Crippen LogP contribution < -0.4 is 15.4 Å². The first kappa shape index (κ1) is 14.4. The number of carbonyl (C=O) groups excluding carboxylic acids is 1. The van der Waals surface area contributed by atoms with E-state index in [1.54, 1.807) is 19.4 Å². The van der Waals surface area contributed by atoms with E-state index in [1.807, 2.05) is 6.07 Å². The molecule has 5 heteroatoms. The molecule has 0 fully saturated rings. The molecule has 5 nitrogen and oxygen atoms in total. The van der Waals surface area contributed by atoms with Crippen LogP contribution in [0.2, 0.25) is 0 Å². The van der Waals surface area contributed by atoms with Gasteiger partial charge < -0.3 is 15.4 Å². The third-order valence-corrected chi connectivity index (χ3v) is 2.33. The number of amides is 1. The van der Waals surface area contributed by atoms with E-state index in [1.165, 1.54) is 0 Å².